The minimum Gasteiger partial charge on any atom is -0.324 e. The first kappa shape index (κ1) is 11.9. The Labute approximate surface area is 111 Å². The van der Waals surface area contributed by atoms with E-state index in [4.69, 9.17) is 5.73 Å². The smallest absolute Gasteiger partial charge is 0.113 e. The summed E-state index contributed by atoms with van der Waals surface area (Å²) in [4.78, 5) is 0. The first-order valence-corrected chi connectivity index (χ1v) is 6.46. The highest BCUT2D eigenvalue weighted by Crippen LogP contribution is 2.19. The van der Waals surface area contributed by atoms with Gasteiger partial charge in [0.15, 0.2) is 0 Å². The Balaban J connectivity index is 2.02. The van der Waals surface area contributed by atoms with Crippen molar-refractivity contribution in [3.8, 4) is 5.69 Å². The number of hydrogen-bond acceptors (Lipinski definition) is 3. The second kappa shape index (κ2) is 4.82. The van der Waals surface area contributed by atoms with Crippen LogP contribution in [0.15, 0.2) is 48.5 Å². The molecule has 0 aliphatic heterocycles. The second-order valence-electron chi connectivity index (χ2n) is 4.60. The molecule has 1 aromatic heterocycles. The van der Waals surface area contributed by atoms with Gasteiger partial charge in [0.25, 0.3) is 0 Å². The number of fused-ring (bicyclic) bond motifs is 1. The van der Waals surface area contributed by atoms with E-state index < -0.39 is 0 Å². The van der Waals surface area contributed by atoms with E-state index in [-0.39, 0.29) is 6.04 Å². The number of aromatic nitrogens is 3. The zero-order valence-corrected chi connectivity index (χ0v) is 10.8. The van der Waals surface area contributed by atoms with Gasteiger partial charge in [-0.3, -0.25) is 0 Å². The van der Waals surface area contributed by atoms with Crippen LogP contribution in [0.5, 0.6) is 0 Å². The van der Waals surface area contributed by atoms with Crippen molar-refractivity contribution in [3.05, 3.63) is 54.1 Å². The molecule has 4 nitrogen and oxygen atoms in total. The van der Waals surface area contributed by atoms with E-state index >= 15 is 0 Å². The largest absolute Gasteiger partial charge is 0.324 e. The third-order valence-electron chi connectivity index (χ3n) is 3.36. The maximum absolute atomic E-state index is 6.02. The molecule has 0 aliphatic carbocycles. The van der Waals surface area contributed by atoms with Crippen LogP contribution in [0.2, 0.25) is 0 Å². The Morgan fingerprint density at radius 3 is 2.58 bits per heavy atom. The summed E-state index contributed by atoms with van der Waals surface area (Å²) in [6.07, 6.45) is 0.936. The van der Waals surface area contributed by atoms with Gasteiger partial charge in [-0.1, -0.05) is 36.4 Å². The number of hydrogen-bond donors (Lipinski definition) is 1. The first-order chi connectivity index (χ1) is 9.29. The Kier molecular flexibility index (Phi) is 3.01. The van der Waals surface area contributed by atoms with Crippen LogP contribution in [0.25, 0.3) is 16.7 Å². The van der Waals surface area contributed by atoms with Crippen LogP contribution in [0.3, 0.4) is 0 Å². The molecule has 1 heterocycles. The molecule has 0 saturated carbocycles. The van der Waals surface area contributed by atoms with E-state index in [0.29, 0.717) is 0 Å². The standard InChI is InChI=1S/C15H16N4/c1-2-13(16)11-7-9-12(10-8-11)19-15-6-4-3-5-14(15)17-18-19/h3-10,13H,2,16H2,1H3. The molecule has 0 fully saturated rings. The molecule has 3 rings (SSSR count). The van der Waals surface area contributed by atoms with Gasteiger partial charge < -0.3 is 5.73 Å². The van der Waals surface area contributed by atoms with Crippen LogP contribution in [-0.4, -0.2) is 15.0 Å². The van der Waals surface area contributed by atoms with Crippen LogP contribution < -0.4 is 5.73 Å². The van der Waals surface area contributed by atoms with Crippen molar-refractivity contribution >= 4 is 11.0 Å². The molecule has 2 aromatic carbocycles. The maximum atomic E-state index is 6.02. The normalized spacial score (nSPS) is 12.7. The van der Waals surface area contributed by atoms with Crippen LogP contribution in [0, 0.1) is 0 Å². The lowest BCUT2D eigenvalue weighted by Crippen LogP contribution is -2.08. The molecular weight excluding hydrogens is 236 g/mol. The van der Waals surface area contributed by atoms with Gasteiger partial charge >= 0.3 is 0 Å². The molecule has 0 aliphatic rings. The van der Waals surface area contributed by atoms with Crippen molar-refractivity contribution in [1.29, 1.82) is 0 Å². The monoisotopic (exact) mass is 252 g/mol. The Morgan fingerprint density at radius 2 is 1.84 bits per heavy atom. The lowest BCUT2D eigenvalue weighted by atomic mass is 10.1. The summed E-state index contributed by atoms with van der Waals surface area (Å²) in [5.41, 5.74) is 10.1. The molecule has 1 atom stereocenters. The second-order valence-corrected chi connectivity index (χ2v) is 4.60. The minimum absolute atomic E-state index is 0.0986. The first-order valence-electron chi connectivity index (χ1n) is 6.46. The van der Waals surface area contributed by atoms with Gasteiger partial charge in [0.05, 0.1) is 11.2 Å². The Hall–Kier alpha value is -2.20. The van der Waals surface area contributed by atoms with Crippen molar-refractivity contribution in [3.63, 3.8) is 0 Å². The van der Waals surface area contributed by atoms with Crippen LogP contribution in [0.1, 0.15) is 24.9 Å². The minimum atomic E-state index is 0.0986. The van der Waals surface area contributed by atoms with E-state index in [1.54, 1.807) is 0 Å². The van der Waals surface area contributed by atoms with Gasteiger partial charge in [-0.25, -0.2) is 4.68 Å². The molecule has 0 amide bonds. The Morgan fingerprint density at radius 1 is 1.11 bits per heavy atom. The van der Waals surface area contributed by atoms with Crippen molar-refractivity contribution in [1.82, 2.24) is 15.0 Å². The van der Waals surface area contributed by atoms with Gasteiger partial charge in [0, 0.05) is 6.04 Å². The van der Waals surface area contributed by atoms with Gasteiger partial charge in [-0.15, -0.1) is 5.10 Å². The molecule has 4 heteroatoms. The lowest BCUT2D eigenvalue weighted by Gasteiger charge is -2.10. The number of para-hydroxylation sites is 1. The van der Waals surface area contributed by atoms with Crippen LogP contribution in [-0.2, 0) is 0 Å². The predicted octanol–water partition coefficient (Wildman–Crippen LogP) is 2.83. The Bertz CT molecular complexity index is 685. The molecule has 0 spiro atoms. The van der Waals surface area contributed by atoms with E-state index in [2.05, 4.69) is 29.4 Å². The number of nitrogens with zero attached hydrogens (tertiary/aromatic N) is 3. The number of benzene rings is 2. The number of rotatable bonds is 3. The predicted molar refractivity (Wildman–Crippen MR) is 76.1 cm³/mol. The third-order valence-corrected chi connectivity index (χ3v) is 3.36. The summed E-state index contributed by atoms with van der Waals surface area (Å²) in [6, 6.07) is 16.2. The van der Waals surface area contributed by atoms with E-state index in [1.165, 1.54) is 0 Å². The summed E-state index contributed by atoms with van der Waals surface area (Å²) in [6.45, 7) is 2.09. The molecule has 0 radical (unpaired) electrons. The molecule has 0 saturated heterocycles. The quantitative estimate of drug-likeness (QED) is 0.779. The molecule has 2 N–H and O–H groups in total. The van der Waals surface area contributed by atoms with Gasteiger partial charge in [0.2, 0.25) is 0 Å². The summed E-state index contributed by atoms with van der Waals surface area (Å²) < 4.78 is 1.84. The molecule has 3 aromatic rings. The zero-order chi connectivity index (χ0) is 13.2. The molecule has 1 unspecified atom stereocenters. The zero-order valence-electron chi connectivity index (χ0n) is 10.8. The van der Waals surface area contributed by atoms with E-state index in [0.717, 1.165) is 28.7 Å². The summed E-state index contributed by atoms with van der Waals surface area (Å²) in [7, 11) is 0. The topological polar surface area (TPSA) is 56.7 Å². The highest BCUT2D eigenvalue weighted by atomic mass is 15.4. The van der Waals surface area contributed by atoms with Crippen molar-refractivity contribution in [2.24, 2.45) is 5.73 Å². The third kappa shape index (κ3) is 2.11. The molecule has 96 valence electrons. The van der Waals surface area contributed by atoms with Crippen LogP contribution >= 0.6 is 0 Å². The fourth-order valence-corrected chi connectivity index (χ4v) is 2.16. The van der Waals surface area contributed by atoms with Crippen molar-refractivity contribution in [2.75, 3.05) is 0 Å². The lowest BCUT2D eigenvalue weighted by molar-refractivity contribution is 0.698. The molecule has 19 heavy (non-hydrogen) atoms. The van der Waals surface area contributed by atoms with Gasteiger partial charge in [-0.2, -0.15) is 0 Å². The fraction of sp³-hybridized carbons (Fsp3) is 0.200. The summed E-state index contributed by atoms with van der Waals surface area (Å²) in [5.74, 6) is 0. The fourth-order valence-electron chi connectivity index (χ4n) is 2.16. The van der Waals surface area contributed by atoms with Crippen molar-refractivity contribution < 1.29 is 0 Å². The average molecular weight is 252 g/mol. The summed E-state index contributed by atoms with van der Waals surface area (Å²) in [5, 5.41) is 8.35. The molecule has 0 bridgehead atoms. The average Bonchev–Trinajstić information content (AvgIpc) is 2.90. The van der Waals surface area contributed by atoms with Gasteiger partial charge in [0.1, 0.15) is 5.52 Å². The highest BCUT2D eigenvalue weighted by Gasteiger charge is 2.07. The number of nitrogens with two attached hydrogens (primary N) is 1. The van der Waals surface area contributed by atoms with E-state index in [1.807, 2.05) is 41.1 Å². The molecular formula is C15H16N4. The van der Waals surface area contributed by atoms with Gasteiger partial charge in [-0.05, 0) is 36.2 Å². The summed E-state index contributed by atoms with van der Waals surface area (Å²) >= 11 is 0. The highest BCUT2D eigenvalue weighted by molar-refractivity contribution is 5.75. The van der Waals surface area contributed by atoms with Crippen LogP contribution in [0.4, 0.5) is 0 Å². The van der Waals surface area contributed by atoms with E-state index in [9.17, 15) is 0 Å². The maximum Gasteiger partial charge on any atom is 0.113 e. The van der Waals surface area contributed by atoms with Crippen molar-refractivity contribution in [2.45, 2.75) is 19.4 Å². The SMILES string of the molecule is CCC(N)c1ccc(-n2nnc3ccccc32)cc1.